The molecule has 3 rings (SSSR count). The molecule has 1 saturated heterocycles. The van der Waals surface area contributed by atoms with E-state index >= 15 is 0 Å². The van der Waals surface area contributed by atoms with Gasteiger partial charge in [-0.2, -0.15) is 0 Å². The van der Waals surface area contributed by atoms with Gasteiger partial charge in [-0.1, -0.05) is 12.1 Å². The number of carbonyl (C=O) groups excluding carboxylic acids is 2. The minimum atomic E-state index is -1.31. The van der Waals surface area contributed by atoms with Crippen molar-refractivity contribution in [1.29, 1.82) is 0 Å². The summed E-state index contributed by atoms with van der Waals surface area (Å²) in [7, 11) is 0. The first-order chi connectivity index (χ1) is 15.7. The Morgan fingerprint density at radius 1 is 1.27 bits per heavy atom. The van der Waals surface area contributed by atoms with Gasteiger partial charge in [0.25, 0.3) is 11.6 Å². The van der Waals surface area contributed by atoms with Gasteiger partial charge in [0.1, 0.15) is 18.8 Å². The summed E-state index contributed by atoms with van der Waals surface area (Å²) in [5, 5.41) is 22.2. The summed E-state index contributed by atoms with van der Waals surface area (Å²) in [6.07, 6.45) is 1.41. The van der Waals surface area contributed by atoms with Crippen LogP contribution in [0.2, 0.25) is 0 Å². The molecule has 1 aliphatic heterocycles. The molecule has 3 amide bonds. The number of imide groups is 1. The minimum Gasteiger partial charge on any atom is -0.490 e. The summed E-state index contributed by atoms with van der Waals surface area (Å²) in [6, 6.07) is 8.58. The Kier molecular flexibility index (Phi) is 7.48. The number of nitro benzene ring substituents is 1. The standard InChI is InChI=1S/C21H18IN3O8/c1-2-32-17-9-13(8-16-20(28)24(10-18(26)27)21(29)23-16)7-15(22)19(17)33-11-12-4-3-5-14(6-12)25(30)31/h3-9H,2,10-11H2,1H3,(H,23,29)(H,26,27)/b16-8+. The molecule has 172 valence electrons. The van der Waals surface area contributed by atoms with Crippen LogP contribution >= 0.6 is 22.6 Å². The van der Waals surface area contributed by atoms with Crippen molar-refractivity contribution >= 4 is 52.3 Å². The Morgan fingerprint density at radius 3 is 2.70 bits per heavy atom. The molecule has 0 saturated carbocycles. The van der Waals surface area contributed by atoms with Crippen molar-refractivity contribution in [1.82, 2.24) is 10.2 Å². The normalized spacial score (nSPS) is 14.4. The third-order valence-corrected chi connectivity index (χ3v) is 5.20. The summed E-state index contributed by atoms with van der Waals surface area (Å²) >= 11 is 2.02. The molecule has 1 aliphatic rings. The number of urea groups is 1. The fraction of sp³-hybridized carbons (Fsp3) is 0.190. The van der Waals surface area contributed by atoms with E-state index in [1.54, 1.807) is 31.2 Å². The van der Waals surface area contributed by atoms with Gasteiger partial charge in [0.15, 0.2) is 11.5 Å². The third kappa shape index (κ3) is 5.77. The quantitative estimate of drug-likeness (QED) is 0.154. The van der Waals surface area contributed by atoms with E-state index < -0.39 is 29.4 Å². The van der Waals surface area contributed by atoms with Gasteiger partial charge in [-0.15, -0.1) is 0 Å². The van der Waals surface area contributed by atoms with E-state index in [1.807, 2.05) is 22.6 Å². The topological polar surface area (TPSA) is 148 Å². The number of halogens is 1. The summed E-state index contributed by atoms with van der Waals surface area (Å²) in [5.41, 5.74) is 1.01. The van der Waals surface area contributed by atoms with E-state index in [4.69, 9.17) is 14.6 Å². The molecule has 0 spiro atoms. The number of non-ortho nitro benzene ring substituents is 1. The number of carboxylic acid groups (broad SMARTS) is 1. The first-order valence-corrected chi connectivity index (χ1v) is 10.7. The molecule has 2 N–H and O–H groups in total. The number of aliphatic carboxylic acids is 1. The van der Waals surface area contributed by atoms with Gasteiger partial charge in [0.2, 0.25) is 0 Å². The van der Waals surface area contributed by atoms with Gasteiger partial charge >= 0.3 is 12.0 Å². The minimum absolute atomic E-state index is 0.0435. The van der Waals surface area contributed by atoms with Crippen LogP contribution in [0.1, 0.15) is 18.1 Å². The molecule has 2 aromatic rings. The lowest BCUT2D eigenvalue weighted by Gasteiger charge is -2.15. The fourth-order valence-electron chi connectivity index (χ4n) is 3.01. The lowest BCUT2D eigenvalue weighted by Crippen LogP contribution is -2.35. The zero-order valence-corrected chi connectivity index (χ0v) is 19.4. The van der Waals surface area contributed by atoms with Crippen molar-refractivity contribution in [2.45, 2.75) is 13.5 Å². The molecule has 2 aromatic carbocycles. The van der Waals surface area contributed by atoms with E-state index in [1.165, 1.54) is 18.2 Å². The Labute approximate surface area is 201 Å². The first kappa shape index (κ1) is 24.0. The highest BCUT2D eigenvalue weighted by atomic mass is 127. The number of carboxylic acids is 1. The Morgan fingerprint density at radius 2 is 2.03 bits per heavy atom. The summed E-state index contributed by atoms with van der Waals surface area (Å²) in [4.78, 5) is 46.2. The number of carbonyl (C=O) groups is 3. The average molecular weight is 567 g/mol. The highest BCUT2D eigenvalue weighted by Gasteiger charge is 2.35. The van der Waals surface area contributed by atoms with Gasteiger partial charge in [-0.3, -0.25) is 19.7 Å². The summed E-state index contributed by atoms with van der Waals surface area (Å²) < 4.78 is 12.2. The summed E-state index contributed by atoms with van der Waals surface area (Å²) in [6.45, 7) is 1.43. The molecule has 11 nitrogen and oxygen atoms in total. The number of ether oxygens (including phenoxy) is 2. The number of rotatable bonds is 9. The number of nitrogens with one attached hydrogen (secondary N) is 1. The van der Waals surface area contributed by atoms with Crippen LogP contribution in [0.3, 0.4) is 0 Å². The highest BCUT2D eigenvalue weighted by Crippen LogP contribution is 2.36. The highest BCUT2D eigenvalue weighted by molar-refractivity contribution is 14.1. The SMILES string of the molecule is CCOc1cc(/C=C2/NC(=O)N(CC(=O)O)C2=O)cc(I)c1OCc1cccc([N+](=O)[O-])c1. The number of nitrogens with zero attached hydrogens (tertiary/aromatic N) is 2. The van der Waals surface area contributed by atoms with Crippen molar-refractivity contribution in [3.05, 3.63) is 66.9 Å². The van der Waals surface area contributed by atoms with E-state index in [0.29, 0.717) is 37.7 Å². The molecule has 0 aromatic heterocycles. The molecule has 12 heteroatoms. The molecular formula is C21H18IN3O8. The van der Waals surface area contributed by atoms with Crippen LogP contribution in [0.4, 0.5) is 10.5 Å². The molecule has 0 aliphatic carbocycles. The van der Waals surface area contributed by atoms with Crippen molar-refractivity contribution < 1.29 is 33.9 Å². The van der Waals surface area contributed by atoms with Crippen LogP contribution in [0.15, 0.2) is 42.1 Å². The van der Waals surface area contributed by atoms with Crippen molar-refractivity contribution in [3.63, 3.8) is 0 Å². The second kappa shape index (κ2) is 10.3. The second-order valence-corrected chi connectivity index (χ2v) is 7.91. The van der Waals surface area contributed by atoms with Gasteiger partial charge in [0.05, 0.1) is 15.1 Å². The maximum Gasteiger partial charge on any atom is 0.329 e. The molecule has 0 radical (unpaired) electrons. The van der Waals surface area contributed by atoms with Crippen LogP contribution < -0.4 is 14.8 Å². The van der Waals surface area contributed by atoms with E-state index in [0.717, 1.165) is 0 Å². The summed E-state index contributed by atoms with van der Waals surface area (Å²) in [5.74, 6) is -1.26. The molecule has 0 unspecified atom stereocenters. The molecular weight excluding hydrogens is 549 g/mol. The molecule has 33 heavy (non-hydrogen) atoms. The first-order valence-electron chi connectivity index (χ1n) is 9.58. The largest absolute Gasteiger partial charge is 0.490 e. The van der Waals surface area contributed by atoms with Crippen LogP contribution in [0, 0.1) is 13.7 Å². The van der Waals surface area contributed by atoms with Gasteiger partial charge in [-0.25, -0.2) is 9.69 Å². The number of nitro groups is 1. The number of amides is 3. The third-order valence-electron chi connectivity index (χ3n) is 4.40. The molecule has 1 heterocycles. The number of hydrogen-bond donors (Lipinski definition) is 2. The lowest BCUT2D eigenvalue weighted by molar-refractivity contribution is -0.384. The maximum absolute atomic E-state index is 12.4. The second-order valence-electron chi connectivity index (χ2n) is 6.75. The lowest BCUT2D eigenvalue weighted by atomic mass is 10.1. The van der Waals surface area contributed by atoms with Crippen LogP contribution in [-0.2, 0) is 16.2 Å². The Bertz CT molecular complexity index is 1160. The molecule has 0 bridgehead atoms. The van der Waals surface area contributed by atoms with Gasteiger partial charge in [0, 0.05) is 12.1 Å². The van der Waals surface area contributed by atoms with Crippen LogP contribution in [-0.4, -0.2) is 46.0 Å². The van der Waals surface area contributed by atoms with Crippen LogP contribution in [0.5, 0.6) is 11.5 Å². The number of hydrogen-bond acceptors (Lipinski definition) is 7. The van der Waals surface area contributed by atoms with Crippen LogP contribution in [0.25, 0.3) is 6.08 Å². The maximum atomic E-state index is 12.4. The smallest absolute Gasteiger partial charge is 0.329 e. The van der Waals surface area contributed by atoms with E-state index in [2.05, 4.69) is 5.32 Å². The van der Waals surface area contributed by atoms with Crippen molar-refractivity contribution in [3.8, 4) is 11.5 Å². The van der Waals surface area contributed by atoms with Crippen molar-refractivity contribution in [2.24, 2.45) is 0 Å². The fourth-order valence-corrected chi connectivity index (χ4v) is 3.79. The predicted octanol–water partition coefficient (Wildman–Crippen LogP) is 3.15. The van der Waals surface area contributed by atoms with E-state index in [9.17, 15) is 24.5 Å². The predicted molar refractivity (Wildman–Crippen MR) is 124 cm³/mol. The Hall–Kier alpha value is -3.68. The molecule has 0 atom stereocenters. The Balaban J connectivity index is 1.85. The number of benzene rings is 2. The van der Waals surface area contributed by atoms with Crippen molar-refractivity contribution in [2.75, 3.05) is 13.2 Å². The van der Waals surface area contributed by atoms with Gasteiger partial charge < -0.3 is 19.9 Å². The monoisotopic (exact) mass is 567 g/mol. The zero-order chi connectivity index (χ0) is 24.1. The van der Waals surface area contributed by atoms with E-state index in [-0.39, 0.29) is 18.0 Å². The van der Waals surface area contributed by atoms with Gasteiger partial charge in [-0.05, 0) is 58.9 Å². The molecule has 1 fully saturated rings. The average Bonchev–Trinajstić information content (AvgIpc) is 3.00. The zero-order valence-electron chi connectivity index (χ0n) is 17.2.